The third-order valence-electron chi connectivity index (χ3n) is 16.3. The molecule has 3 heterocycles. The molecule has 0 spiro atoms. The average molecular weight is 1010 g/mol. The number of hydrogen-bond donors (Lipinski definition) is 1. The van der Waals surface area contributed by atoms with Gasteiger partial charge >= 0.3 is 18.0 Å². The second-order valence-corrected chi connectivity index (χ2v) is 34.9. The molecule has 68 heavy (non-hydrogen) atoms. The van der Waals surface area contributed by atoms with Gasteiger partial charge in [0.25, 0.3) is 0 Å². The zero-order valence-electron chi connectivity index (χ0n) is 45.8. The molecule has 0 aromatic heterocycles. The van der Waals surface area contributed by atoms with E-state index >= 15 is 0 Å². The predicted molar refractivity (Wildman–Crippen MR) is 283 cm³/mol. The summed E-state index contributed by atoms with van der Waals surface area (Å²) < 4.78 is 46.9. The van der Waals surface area contributed by atoms with Crippen molar-refractivity contribution in [2.24, 2.45) is 11.8 Å². The Morgan fingerprint density at radius 3 is 2.00 bits per heavy atom. The highest BCUT2D eigenvalue weighted by Gasteiger charge is 2.51. The second kappa shape index (κ2) is 27.6. The Hall–Kier alpha value is -2.12. The largest absolute Gasteiger partial charge is 0.457 e. The van der Waals surface area contributed by atoms with E-state index in [0.29, 0.717) is 39.0 Å². The zero-order chi connectivity index (χ0) is 50.9. The highest BCUT2D eigenvalue weighted by molar-refractivity contribution is 6.74. The second-order valence-electron chi connectivity index (χ2n) is 20.8. The first-order chi connectivity index (χ1) is 32.2. The topological polar surface area (TPSA) is 134 Å². The first kappa shape index (κ1) is 60.2. The molecule has 0 aromatic carbocycles. The van der Waals surface area contributed by atoms with Gasteiger partial charge in [-0.25, -0.2) is 4.79 Å². The summed E-state index contributed by atoms with van der Waals surface area (Å²) in [5.41, 5.74) is -0.957. The number of rotatable bonds is 25. The summed E-state index contributed by atoms with van der Waals surface area (Å²) in [7, 11) is -6.05. The van der Waals surface area contributed by atoms with E-state index in [1.54, 1.807) is 4.90 Å². The third-order valence-corrected chi connectivity index (χ3v) is 30.5. The number of nitrogens with zero attached hydrogens (tertiary/aromatic N) is 1. The average Bonchev–Trinajstić information content (AvgIpc) is 4.10. The monoisotopic (exact) mass is 1010 g/mol. The quantitative estimate of drug-likeness (QED) is 0.0234. The lowest BCUT2D eigenvalue weighted by molar-refractivity contribution is -0.168. The molecule has 0 radical (unpaired) electrons. The normalized spacial score (nSPS) is 28.1. The highest BCUT2D eigenvalue weighted by Crippen LogP contribution is 2.43. The van der Waals surface area contributed by atoms with Gasteiger partial charge in [-0.05, 0) is 106 Å². The lowest BCUT2D eigenvalue weighted by atomic mass is 9.88. The van der Waals surface area contributed by atoms with Gasteiger partial charge in [0.1, 0.15) is 11.7 Å². The Balaban J connectivity index is 2.07. The molecule has 3 aliphatic heterocycles. The van der Waals surface area contributed by atoms with Crippen molar-refractivity contribution in [2.75, 3.05) is 26.2 Å². The molecule has 10 atom stereocenters. The minimum atomic E-state index is -2.19. The smallest absolute Gasteiger partial charge is 0.410 e. The van der Waals surface area contributed by atoms with Gasteiger partial charge in [-0.1, -0.05) is 107 Å². The number of amides is 1. The fraction of sp³-hybridized carbons (Fsp3) is 0.830. The Kier molecular flexibility index (Phi) is 24.5. The molecule has 0 bridgehead atoms. The Morgan fingerprint density at radius 1 is 0.897 bits per heavy atom. The van der Waals surface area contributed by atoms with E-state index in [9.17, 15) is 14.4 Å². The van der Waals surface area contributed by atoms with Gasteiger partial charge in [-0.2, -0.15) is 0 Å². The maximum atomic E-state index is 14.2. The minimum Gasteiger partial charge on any atom is -0.457 e. The molecule has 2 saturated heterocycles. The maximum absolute atomic E-state index is 14.2. The fourth-order valence-electron chi connectivity index (χ4n) is 10.7. The number of allylic oxidation sites excluding steroid dienone is 2. The molecule has 3 aliphatic rings. The number of hydrogen-bond acceptors (Lipinski definition) is 11. The van der Waals surface area contributed by atoms with Crippen LogP contribution in [0.1, 0.15) is 143 Å². The summed E-state index contributed by atoms with van der Waals surface area (Å²) in [6, 6.07) is 9.21. The van der Waals surface area contributed by atoms with E-state index in [0.717, 1.165) is 72.8 Å². The van der Waals surface area contributed by atoms with E-state index in [4.69, 9.17) is 32.2 Å². The highest BCUT2D eigenvalue weighted by atomic mass is 28.4. The van der Waals surface area contributed by atoms with Crippen LogP contribution >= 0.6 is 0 Å². The molecular weight excluding hydrogens is 909 g/mol. The Bertz CT molecular complexity index is 1640. The molecule has 12 nitrogen and oxygen atoms in total. The number of carbonyl (C=O) groups excluding carboxylic acids is 3. The Morgan fingerprint density at radius 2 is 1.47 bits per heavy atom. The van der Waals surface area contributed by atoms with Gasteiger partial charge in [-0.15, -0.1) is 0 Å². The van der Waals surface area contributed by atoms with E-state index in [1.807, 2.05) is 39.0 Å². The molecule has 2 fully saturated rings. The number of cyclic esters (lactones) is 1. The van der Waals surface area contributed by atoms with Gasteiger partial charge in [0.05, 0.1) is 30.3 Å². The number of nitrogens with one attached hydrogen (secondary N) is 1. The summed E-state index contributed by atoms with van der Waals surface area (Å²) in [5.74, 6) is -0.875. The van der Waals surface area contributed by atoms with Crippen LogP contribution in [0.4, 0.5) is 4.79 Å². The number of epoxide rings is 1. The molecule has 0 saturated carbocycles. The summed E-state index contributed by atoms with van der Waals surface area (Å²) in [6.07, 6.45) is 10.4. The summed E-state index contributed by atoms with van der Waals surface area (Å²) in [4.78, 5) is 42.4. The number of piperazine rings is 1. The number of ether oxygens (including phenoxy) is 4. The van der Waals surface area contributed by atoms with Crippen molar-refractivity contribution in [3.8, 4) is 0 Å². The predicted octanol–water partition coefficient (Wildman–Crippen LogP) is 12.3. The third kappa shape index (κ3) is 16.7. The van der Waals surface area contributed by atoms with E-state index in [2.05, 4.69) is 101 Å². The van der Waals surface area contributed by atoms with Crippen LogP contribution in [-0.2, 0) is 41.8 Å². The van der Waals surface area contributed by atoms with Crippen LogP contribution in [0.25, 0.3) is 0 Å². The maximum Gasteiger partial charge on any atom is 0.410 e. The lowest BCUT2D eigenvalue weighted by Crippen LogP contribution is -2.51. The Labute approximate surface area is 417 Å². The molecule has 0 aromatic rings. The molecular formula is C53H98N2O10Si3. The van der Waals surface area contributed by atoms with Crippen molar-refractivity contribution >= 4 is 43.0 Å². The molecule has 392 valence electrons. The van der Waals surface area contributed by atoms with Crippen LogP contribution in [-0.4, -0.2) is 122 Å². The zero-order valence-corrected chi connectivity index (χ0v) is 48.8. The van der Waals surface area contributed by atoms with Gasteiger partial charge < -0.3 is 42.4 Å². The molecule has 0 aliphatic carbocycles. The number of esters is 2. The van der Waals surface area contributed by atoms with Crippen LogP contribution in [0, 0.1) is 11.8 Å². The fourth-order valence-corrected chi connectivity index (χ4v) is 19.7. The van der Waals surface area contributed by atoms with Crippen molar-refractivity contribution in [1.29, 1.82) is 0 Å². The van der Waals surface area contributed by atoms with Gasteiger partial charge in [0.2, 0.25) is 0 Å². The molecule has 1 amide bonds. The summed E-state index contributed by atoms with van der Waals surface area (Å²) in [5, 5.41) is 3.29. The van der Waals surface area contributed by atoms with Crippen LogP contribution in [0.2, 0.25) is 54.4 Å². The van der Waals surface area contributed by atoms with Crippen molar-refractivity contribution in [2.45, 2.75) is 245 Å². The number of carbonyl (C=O) groups is 3. The molecule has 1 N–H and O–H groups in total. The van der Waals surface area contributed by atoms with Crippen molar-refractivity contribution < 1.29 is 46.6 Å². The summed E-state index contributed by atoms with van der Waals surface area (Å²) >= 11 is 0. The van der Waals surface area contributed by atoms with Crippen molar-refractivity contribution in [3.63, 3.8) is 0 Å². The molecule has 3 rings (SSSR count). The van der Waals surface area contributed by atoms with Crippen LogP contribution in [0.3, 0.4) is 0 Å². The molecule has 15 heteroatoms. The van der Waals surface area contributed by atoms with Gasteiger partial charge in [-0.3, -0.25) is 9.59 Å². The van der Waals surface area contributed by atoms with Gasteiger partial charge in [0.15, 0.2) is 31.1 Å². The van der Waals surface area contributed by atoms with Crippen LogP contribution in [0.5, 0.6) is 0 Å². The van der Waals surface area contributed by atoms with Crippen molar-refractivity contribution in [1.82, 2.24) is 10.2 Å². The first-order valence-corrected chi connectivity index (χ1v) is 34.6. The first-order valence-electron chi connectivity index (χ1n) is 27.0. The van der Waals surface area contributed by atoms with E-state index in [1.165, 1.54) is 6.92 Å². The summed E-state index contributed by atoms with van der Waals surface area (Å²) in [6.45, 7) is 36.5. The SMILES string of the molecule is CCC(O[Si](CC)(CC)CC)C(C)[C@@H]1O[C@H]1CC(C)(/C=C/C=C(\C)[C@H]1OC(=O)C[C@H](O[Si](CC)(CC)CC)CC[C@@](C)(OC(C)=O)[C@@H](OC(=O)N2CCNCC2)/C=C/[C@@H]1C)O[Si](CC)(CC)CC. The van der Waals surface area contributed by atoms with Crippen molar-refractivity contribution in [3.05, 3.63) is 36.0 Å². The van der Waals surface area contributed by atoms with Crippen LogP contribution < -0.4 is 5.32 Å². The standard InChI is InChI=1S/C53H98N2O10Si3/c1-17-45(64-67(21-5,22-6)23-7)42(13)50-46(59-50)39-52(15,65-68(24-8,25-9)26-10)32-27-28-40(11)49-41(12)29-30-47(60-51(58)55-36-34-54-35-37-55)53(16,62-43(14)56)33-31-44(38-48(57)61-49)63-66(18-2,19-3)20-4/h27-30,32,41-42,44-47,49-50,54H,17-26,31,33-39H2,1-16H3/b30-29+,32-27+,40-28+/t41-,42?,44+,45?,46-,47-,49+,50-,52?,53+/m0/s1. The van der Waals surface area contributed by atoms with E-state index in [-0.39, 0.29) is 42.5 Å². The van der Waals surface area contributed by atoms with E-state index < -0.39 is 66.5 Å². The lowest BCUT2D eigenvalue weighted by Gasteiger charge is -2.39. The van der Waals surface area contributed by atoms with Crippen LogP contribution in [0.15, 0.2) is 36.0 Å². The van der Waals surface area contributed by atoms with Gasteiger partial charge in [0, 0.05) is 57.5 Å². The molecule has 3 unspecified atom stereocenters. The minimum absolute atomic E-state index is 0.0548.